The molecule has 0 aliphatic heterocycles. The van der Waals surface area contributed by atoms with Crippen LogP contribution in [0.15, 0.2) is 0 Å². The first-order valence-electron chi connectivity index (χ1n) is 5.97. The second-order valence-corrected chi connectivity index (χ2v) is 4.55. The summed E-state index contributed by atoms with van der Waals surface area (Å²) in [5.74, 6) is 0.300. The zero-order chi connectivity index (χ0) is 13.6. The topological polar surface area (TPSA) is 41.6 Å². The Labute approximate surface area is 104 Å². The Bertz CT molecular complexity index is 268. The number of likely N-dealkylation sites (N-methyl/N-ethyl adjacent to an activating group) is 1. The molecule has 18 heavy (non-hydrogen) atoms. The van der Waals surface area contributed by atoms with E-state index in [2.05, 4.69) is 5.32 Å². The third kappa shape index (κ3) is 7.50. The van der Waals surface area contributed by atoms with E-state index < -0.39 is 12.7 Å². The van der Waals surface area contributed by atoms with E-state index in [0.717, 1.165) is 0 Å². The number of amides is 1. The van der Waals surface area contributed by atoms with Gasteiger partial charge in [-0.15, -0.1) is 0 Å². The van der Waals surface area contributed by atoms with Gasteiger partial charge in [0.1, 0.15) is 0 Å². The van der Waals surface area contributed by atoms with Gasteiger partial charge in [0.05, 0.1) is 19.7 Å². The molecule has 0 atom stereocenters. The Morgan fingerprint density at radius 3 is 2.67 bits per heavy atom. The van der Waals surface area contributed by atoms with Crippen LogP contribution in [0, 0.1) is 5.92 Å². The summed E-state index contributed by atoms with van der Waals surface area (Å²) >= 11 is 0. The van der Waals surface area contributed by atoms with E-state index in [1.807, 2.05) is 0 Å². The summed E-state index contributed by atoms with van der Waals surface area (Å²) in [5, 5.41) is 2.07. The lowest BCUT2D eigenvalue weighted by molar-refractivity contribution is -0.133. The minimum atomic E-state index is -4.29. The fourth-order valence-electron chi connectivity index (χ4n) is 1.31. The summed E-state index contributed by atoms with van der Waals surface area (Å²) in [6.07, 6.45) is -1.88. The molecule has 1 rings (SSSR count). The molecule has 0 heterocycles. The zero-order valence-electron chi connectivity index (χ0n) is 10.4. The summed E-state index contributed by atoms with van der Waals surface area (Å²) in [5.41, 5.74) is 0. The van der Waals surface area contributed by atoms with Crippen LogP contribution in [-0.2, 0) is 9.53 Å². The highest BCUT2D eigenvalue weighted by Crippen LogP contribution is 2.28. The van der Waals surface area contributed by atoms with Crippen LogP contribution in [0.2, 0.25) is 0 Å². The van der Waals surface area contributed by atoms with Crippen molar-refractivity contribution in [3.63, 3.8) is 0 Å². The molecule has 0 aromatic heterocycles. The molecule has 1 saturated carbocycles. The van der Waals surface area contributed by atoms with Crippen LogP contribution in [-0.4, -0.2) is 56.9 Å². The molecule has 0 aromatic rings. The van der Waals surface area contributed by atoms with E-state index >= 15 is 0 Å². The van der Waals surface area contributed by atoms with Gasteiger partial charge in [-0.1, -0.05) is 0 Å². The Morgan fingerprint density at radius 2 is 2.11 bits per heavy atom. The molecule has 1 aliphatic rings. The number of nitrogens with one attached hydrogen (secondary N) is 1. The second-order valence-electron chi connectivity index (χ2n) is 4.55. The van der Waals surface area contributed by atoms with Crippen molar-refractivity contribution in [1.29, 1.82) is 0 Å². The quantitative estimate of drug-likeness (QED) is 0.668. The number of hydrogen-bond acceptors (Lipinski definition) is 3. The molecule has 106 valence electrons. The maximum absolute atomic E-state index is 11.8. The average Bonchev–Trinajstić information content (AvgIpc) is 3.06. The maximum Gasteiger partial charge on any atom is 0.401 e. The van der Waals surface area contributed by atoms with Crippen molar-refractivity contribution in [2.24, 2.45) is 5.92 Å². The monoisotopic (exact) mass is 268 g/mol. The van der Waals surface area contributed by atoms with Crippen LogP contribution in [0.3, 0.4) is 0 Å². The van der Waals surface area contributed by atoms with Gasteiger partial charge in [0, 0.05) is 20.2 Å². The van der Waals surface area contributed by atoms with Gasteiger partial charge >= 0.3 is 6.18 Å². The van der Waals surface area contributed by atoms with Crippen molar-refractivity contribution in [3.05, 3.63) is 0 Å². The number of carbonyl (C=O) groups excluding carboxylic acids is 1. The summed E-state index contributed by atoms with van der Waals surface area (Å²) in [6, 6.07) is 0. The molecule has 0 unspecified atom stereocenters. The molecule has 0 aromatic carbocycles. The number of carbonyl (C=O) groups is 1. The first-order valence-corrected chi connectivity index (χ1v) is 5.97. The fraction of sp³-hybridized carbons (Fsp3) is 0.909. The minimum Gasteiger partial charge on any atom is -0.379 e. The van der Waals surface area contributed by atoms with Crippen molar-refractivity contribution >= 4 is 5.91 Å². The van der Waals surface area contributed by atoms with Crippen molar-refractivity contribution in [2.45, 2.75) is 19.0 Å². The van der Waals surface area contributed by atoms with E-state index in [1.165, 1.54) is 17.7 Å². The van der Waals surface area contributed by atoms with Crippen molar-refractivity contribution < 1.29 is 22.7 Å². The van der Waals surface area contributed by atoms with Gasteiger partial charge < -0.3 is 15.0 Å². The fourth-order valence-corrected chi connectivity index (χ4v) is 1.31. The summed E-state index contributed by atoms with van der Waals surface area (Å²) < 4.78 is 40.8. The smallest absolute Gasteiger partial charge is 0.379 e. The number of hydrogen-bond donors (Lipinski definition) is 1. The van der Waals surface area contributed by atoms with Crippen LogP contribution >= 0.6 is 0 Å². The van der Waals surface area contributed by atoms with Gasteiger partial charge in [-0.25, -0.2) is 0 Å². The lowest BCUT2D eigenvalue weighted by Gasteiger charge is -2.17. The highest BCUT2D eigenvalue weighted by molar-refractivity contribution is 5.77. The molecule has 1 N–H and O–H groups in total. The normalized spacial score (nSPS) is 15.8. The Hall–Kier alpha value is -0.820. The second kappa shape index (κ2) is 6.94. The number of rotatable bonds is 8. The van der Waals surface area contributed by atoms with Gasteiger partial charge in [0.2, 0.25) is 5.91 Å². The molecule has 7 heteroatoms. The highest BCUT2D eigenvalue weighted by atomic mass is 19.4. The predicted octanol–water partition coefficient (Wildman–Crippen LogP) is 1.02. The first-order chi connectivity index (χ1) is 8.38. The predicted molar refractivity (Wildman–Crippen MR) is 60.1 cm³/mol. The van der Waals surface area contributed by atoms with E-state index in [1.54, 1.807) is 7.05 Å². The Balaban J connectivity index is 2.00. The molecular weight excluding hydrogens is 249 g/mol. The molecule has 4 nitrogen and oxygen atoms in total. The number of alkyl halides is 3. The van der Waals surface area contributed by atoms with Crippen molar-refractivity contribution in [3.8, 4) is 0 Å². The van der Waals surface area contributed by atoms with Crippen LogP contribution < -0.4 is 5.32 Å². The van der Waals surface area contributed by atoms with Crippen molar-refractivity contribution in [2.75, 3.05) is 39.9 Å². The van der Waals surface area contributed by atoms with Crippen molar-refractivity contribution in [1.82, 2.24) is 10.2 Å². The molecule has 0 radical (unpaired) electrons. The molecule has 0 spiro atoms. The van der Waals surface area contributed by atoms with E-state index in [-0.39, 0.29) is 12.5 Å². The molecule has 1 fully saturated rings. The standard InChI is InChI=1S/C11H19F3N2O2/c1-16(4-5-18-7-9-2-3-9)10(17)6-15-8-11(12,13)14/h9,15H,2-8H2,1H3. The van der Waals surface area contributed by atoms with E-state index in [0.29, 0.717) is 25.7 Å². The molecule has 0 bridgehead atoms. The van der Waals surface area contributed by atoms with Gasteiger partial charge in [0.25, 0.3) is 0 Å². The third-order valence-corrected chi connectivity index (χ3v) is 2.65. The summed E-state index contributed by atoms with van der Waals surface area (Å²) in [7, 11) is 1.55. The van der Waals surface area contributed by atoms with Crippen LogP contribution in [0.1, 0.15) is 12.8 Å². The number of halogens is 3. The Kier molecular flexibility index (Phi) is 5.87. The van der Waals surface area contributed by atoms with Crippen LogP contribution in [0.25, 0.3) is 0 Å². The largest absolute Gasteiger partial charge is 0.401 e. The number of ether oxygens (including phenoxy) is 1. The van der Waals surface area contributed by atoms with Crippen LogP contribution in [0.4, 0.5) is 13.2 Å². The highest BCUT2D eigenvalue weighted by Gasteiger charge is 2.26. The maximum atomic E-state index is 11.8. The zero-order valence-corrected chi connectivity index (χ0v) is 10.4. The third-order valence-electron chi connectivity index (χ3n) is 2.65. The molecule has 1 amide bonds. The van der Waals surface area contributed by atoms with Gasteiger partial charge in [-0.2, -0.15) is 13.2 Å². The van der Waals surface area contributed by atoms with Gasteiger partial charge in [-0.3, -0.25) is 4.79 Å². The average molecular weight is 268 g/mol. The SMILES string of the molecule is CN(CCOCC1CC1)C(=O)CNCC(F)(F)F. The molecular formula is C11H19F3N2O2. The lowest BCUT2D eigenvalue weighted by Crippen LogP contribution is -2.40. The van der Waals surface area contributed by atoms with E-state index in [9.17, 15) is 18.0 Å². The molecule has 1 aliphatic carbocycles. The molecule has 0 saturated heterocycles. The minimum absolute atomic E-state index is 0.307. The number of nitrogens with zero attached hydrogens (tertiary/aromatic N) is 1. The summed E-state index contributed by atoms with van der Waals surface area (Å²) in [4.78, 5) is 12.8. The van der Waals surface area contributed by atoms with Gasteiger partial charge in [0.15, 0.2) is 0 Å². The Morgan fingerprint density at radius 1 is 1.44 bits per heavy atom. The lowest BCUT2D eigenvalue weighted by atomic mass is 10.4. The first kappa shape index (κ1) is 15.2. The van der Waals surface area contributed by atoms with Crippen LogP contribution in [0.5, 0.6) is 0 Å². The van der Waals surface area contributed by atoms with E-state index in [4.69, 9.17) is 4.74 Å². The van der Waals surface area contributed by atoms with Gasteiger partial charge in [-0.05, 0) is 18.8 Å². The summed E-state index contributed by atoms with van der Waals surface area (Å²) in [6.45, 7) is 0.0923.